The number of hydrazone groups is 1. The summed E-state index contributed by atoms with van der Waals surface area (Å²) in [6.07, 6.45) is 3.32. The molecule has 0 heterocycles. The van der Waals surface area contributed by atoms with E-state index in [1.807, 2.05) is 42.5 Å². The van der Waals surface area contributed by atoms with Crippen LogP contribution in [0.1, 0.15) is 43.7 Å². The molecule has 6 heteroatoms. The molecule has 0 radical (unpaired) electrons. The van der Waals surface area contributed by atoms with Crippen LogP contribution in [0.5, 0.6) is 11.5 Å². The number of carbonyl (C=O) groups is 1. The van der Waals surface area contributed by atoms with Gasteiger partial charge in [0.1, 0.15) is 11.5 Å². The maximum atomic E-state index is 10.7. The Morgan fingerprint density at radius 2 is 1.74 bits per heavy atom. The lowest BCUT2D eigenvalue weighted by molar-refractivity contribution is 0.245. The number of rotatable bonds is 10. The van der Waals surface area contributed by atoms with Crippen molar-refractivity contribution in [2.75, 3.05) is 13.2 Å². The average Bonchev–Trinajstić information content (AvgIpc) is 2.68. The fraction of sp³-hybridized carbons (Fsp3) is 0.333. The minimum atomic E-state index is -0.709. The summed E-state index contributed by atoms with van der Waals surface area (Å²) in [5, 5.41) is 3.77. The Labute approximate surface area is 160 Å². The molecule has 0 spiro atoms. The molecule has 0 saturated heterocycles. The summed E-state index contributed by atoms with van der Waals surface area (Å²) in [5.41, 5.74) is 9.15. The Morgan fingerprint density at radius 3 is 2.44 bits per heavy atom. The van der Waals surface area contributed by atoms with Crippen molar-refractivity contribution >= 4 is 12.2 Å². The van der Waals surface area contributed by atoms with Crippen LogP contribution in [0, 0.1) is 0 Å². The smallest absolute Gasteiger partial charge is 0.332 e. The predicted molar refractivity (Wildman–Crippen MR) is 108 cm³/mol. The lowest BCUT2D eigenvalue weighted by atomic mass is 9.98. The molecule has 2 amide bonds. The van der Waals surface area contributed by atoms with Gasteiger partial charge in [0, 0.05) is 12.0 Å². The summed E-state index contributed by atoms with van der Waals surface area (Å²) >= 11 is 0. The zero-order chi connectivity index (χ0) is 19.5. The largest absolute Gasteiger partial charge is 0.493 e. The van der Waals surface area contributed by atoms with Crippen molar-refractivity contribution in [2.24, 2.45) is 10.8 Å². The van der Waals surface area contributed by atoms with E-state index < -0.39 is 6.03 Å². The zero-order valence-electron chi connectivity index (χ0n) is 15.9. The number of ether oxygens (including phenoxy) is 2. The standard InChI is InChI=1S/C21H27N3O3/c1-3-16(2)18-10-5-7-12-20(18)27-14-8-13-26-19-11-6-4-9-17(19)15-23-24-21(22)25/h4-7,9-12,15-16H,3,8,13-14H2,1-2H3,(H3,22,24,25)/b23-15+. The van der Waals surface area contributed by atoms with Crippen molar-refractivity contribution in [1.29, 1.82) is 0 Å². The summed E-state index contributed by atoms with van der Waals surface area (Å²) in [7, 11) is 0. The van der Waals surface area contributed by atoms with Crippen molar-refractivity contribution in [3.05, 3.63) is 59.7 Å². The summed E-state index contributed by atoms with van der Waals surface area (Å²) in [5.74, 6) is 2.10. The molecule has 2 rings (SSSR count). The normalized spacial score (nSPS) is 11.9. The monoisotopic (exact) mass is 369 g/mol. The highest BCUT2D eigenvalue weighted by Gasteiger charge is 2.09. The number of nitrogens with two attached hydrogens (primary N) is 1. The molecule has 3 N–H and O–H groups in total. The second-order valence-electron chi connectivity index (χ2n) is 6.17. The van der Waals surface area contributed by atoms with E-state index in [4.69, 9.17) is 15.2 Å². The van der Waals surface area contributed by atoms with Crippen LogP contribution >= 0.6 is 0 Å². The van der Waals surface area contributed by atoms with Crippen molar-refractivity contribution in [2.45, 2.75) is 32.6 Å². The highest BCUT2D eigenvalue weighted by Crippen LogP contribution is 2.28. The highest BCUT2D eigenvalue weighted by molar-refractivity contribution is 5.84. The van der Waals surface area contributed by atoms with E-state index in [0.29, 0.717) is 24.9 Å². The average molecular weight is 369 g/mol. The molecule has 2 aromatic carbocycles. The molecule has 2 aromatic rings. The van der Waals surface area contributed by atoms with Crippen LogP contribution < -0.4 is 20.6 Å². The molecule has 144 valence electrons. The second-order valence-corrected chi connectivity index (χ2v) is 6.17. The molecule has 0 saturated carbocycles. The van der Waals surface area contributed by atoms with Crippen LogP contribution in [0.4, 0.5) is 4.79 Å². The number of hydrogen-bond acceptors (Lipinski definition) is 4. The number of benzene rings is 2. The van der Waals surface area contributed by atoms with E-state index in [2.05, 4.69) is 30.4 Å². The van der Waals surface area contributed by atoms with Gasteiger partial charge in [-0.05, 0) is 36.1 Å². The van der Waals surface area contributed by atoms with Crippen LogP contribution in [0.2, 0.25) is 0 Å². The van der Waals surface area contributed by atoms with Gasteiger partial charge in [-0.15, -0.1) is 0 Å². The number of nitrogens with zero attached hydrogens (tertiary/aromatic N) is 1. The fourth-order valence-corrected chi connectivity index (χ4v) is 2.55. The molecular formula is C21H27N3O3. The lowest BCUT2D eigenvalue weighted by Gasteiger charge is -2.16. The fourth-order valence-electron chi connectivity index (χ4n) is 2.55. The van der Waals surface area contributed by atoms with Gasteiger partial charge < -0.3 is 15.2 Å². The van der Waals surface area contributed by atoms with Crippen molar-refractivity contribution in [3.63, 3.8) is 0 Å². The van der Waals surface area contributed by atoms with Gasteiger partial charge in [-0.1, -0.05) is 44.2 Å². The van der Waals surface area contributed by atoms with Gasteiger partial charge >= 0.3 is 6.03 Å². The topological polar surface area (TPSA) is 85.9 Å². The van der Waals surface area contributed by atoms with Crippen LogP contribution in [0.15, 0.2) is 53.6 Å². The Kier molecular flexibility index (Phi) is 8.16. The molecule has 1 unspecified atom stereocenters. The van der Waals surface area contributed by atoms with Gasteiger partial charge in [0.15, 0.2) is 0 Å². The van der Waals surface area contributed by atoms with Crippen LogP contribution in [0.25, 0.3) is 0 Å². The molecule has 1 atom stereocenters. The summed E-state index contributed by atoms with van der Waals surface area (Å²) < 4.78 is 11.8. The Balaban J connectivity index is 1.83. The Bertz CT molecular complexity index is 762. The van der Waals surface area contributed by atoms with Crippen LogP contribution in [-0.2, 0) is 0 Å². The number of para-hydroxylation sites is 2. The number of amides is 2. The van der Waals surface area contributed by atoms with Crippen molar-refractivity contribution in [3.8, 4) is 11.5 Å². The van der Waals surface area contributed by atoms with Crippen molar-refractivity contribution in [1.82, 2.24) is 5.43 Å². The minimum absolute atomic E-state index is 0.470. The molecule has 0 aliphatic rings. The van der Waals surface area contributed by atoms with E-state index in [9.17, 15) is 4.79 Å². The highest BCUT2D eigenvalue weighted by atomic mass is 16.5. The summed E-state index contributed by atoms with van der Waals surface area (Å²) in [6, 6.07) is 14.9. The molecular weight excluding hydrogens is 342 g/mol. The Morgan fingerprint density at radius 1 is 1.11 bits per heavy atom. The van der Waals surface area contributed by atoms with Gasteiger partial charge in [-0.25, -0.2) is 10.2 Å². The number of primary amides is 1. The van der Waals surface area contributed by atoms with Crippen LogP contribution in [0.3, 0.4) is 0 Å². The molecule has 27 heavy (non-hydrogen) atoms. The molecule has 0 aliphatic heterocycles. The van der Waals surface area contributed by atoms with E-state index in [-0.39, 0.29) is 0 Å². The van der Waals surface area contributed by atoms with E-state index in [1.165, 1.54) is 11.8 Å². The van der Waals surface area contributed by atoms with Gasteiger partial charge in [-0.3, -0.25) is 0 Å². The van der Waals surface area contributed by atoms with E-state index in [0.717, 1.165) is 24.2 Å². The number of hydrogen-bond donors (Lipinski definition) is 2. The summed E-state index contributed by atoms with van der Waals surface area (Å²) in [6.45, 7) is 5.47. The second kappa shape index (κ2) is 10.9. The minimum Gasteiger partial charge on any atom is -0.493 e. The molecule has 0 aliphatic carbocycles. The predicted octanol–water partition coefficient (Wildman–Crippen LogP) is 4.05. The van der Waals surface area contributed by atoms with Gasteiger partial charge in [0.25, 0.3) is 0 Å². The zero-order valence-corrected chi connectivity index (χ0v) is 15.9. The third kappa shape index (κ3) is 6.66. The number of nitrogens with one attached hydrogen (secondary N) is 1. The third-order valence-electron chi connectivity index (χ3n) is 4.16. The lowest BCUT2D eigenvalue weighted by Crippen LogP contribution is -2.24. The first kappa shape index (κ1) is 20.3. The molecule has 0 aromatic heterocycles. The first-order valence-corrected chi connectivity index (χ1v) is 9.13. The summed E-state index contributed by atoms with van der Waals surface area (Å²) in [4.78, 5) is 10.7. The van der Waals surface area contributed by atoms with E-state index >= 15 is 0 Å². The van der Waals surface area contributed by atoms with Gasteiger partial charge in [-0.2, -0.15) is 5.10 Å². The SMILES string of the molecule is CCC(C)c1ccccc1OCCCOc1ccccc1/C=N/NC(N)=O. The maximum absolute atomic E-state index is 10.7. The van der Waals surface area contributed by atoms with E-state index in [1.54, 1.807) is 0 Å². The molecule has 0 bridgehead atoms. The maximum Gasteiger partial charge on any atom is 0.332 e. The van der Waals surface area contributed by atoms with Gasteiger partial charge in [0.05, 0.1) is 19.4 Å². The first-order chi connectivity index (χ1) is 13.1. The number of carbonyl (C=O) groups excluding carboxylic acids is 1. The van der Waals surface area contributed by atoms with Gasteiger partial charge in [0.2, 0.25) is 0 Å². The van der Waals surface area contributed by atoms with Crippen molar-refractivity contribution < 1.29 is 14.3 Å². The van der Waals surface area contributed by atoms with Crippen LogP contribution in [-0.4, -0.2) is 25.5 Å². The quantitative estimate of drug-likeness (QED) is 0.376. The number of urea groups is 1. The molecule has 0 fully saturated rings. The molecule has 6 nitrogen and oxygen atoms in total. The Hall–Kier alpha value is -3.02. The first-order valence-electron chi connectivity index (χ1n) is 9.13. The third-order valence-corrected chi connectivity index (χ3v) is 4.16.